The number of primary amides is 1. The summed E-state index contributed by atoms with van der Waals surface area (Å²) in [6.07, 6.45) is 1.87. The van der Waals surface area contributed by atoms with Gasteiger partial charge in [0.2, 0.25) is 0 Å². The highest BCUT2D eigenvalue weighted by atomic mass is 16.5. The Morgan fingerprint density at radius 1 is 1.40 bits per heavy atom. The molecule has 1 aromatic carbocycles. The summed E-state index contributed by atoms with van der Waals surface area (Å²) in [6.45, 7) is 3.59. The van der Waals surface area contributed by atoms with Crippen LogP contribution in [0.1, 0.15) is 31.4 Å². The van der Waals surface area contributed by atoms with Crippen LogP contribution in [-0.4, -0.2) is 37.2 Å². The molecule has 5 nitrogen and oxygen atoms in total. The first kappa shape index (κ1) is 14.7. The van der Waals surface area contributed by atoms with E-state index in [0.29, 0.717) is 6.04 Å². The molecule has 1 atom stereocenters. The highest BCUT2D eigenvalue weighted by Crippen LogP contribution is 2.25. The lowest BCUT2D eigenvalue weighted by Crippen LogP contribution is -2.47. The van der Waals surface area contributed by atoms with Gasteiger partial charge in [-0.15, -0.1) is 0 Å². The molecule has 1 saturated heterocycles. The molecule has 0 aromatic heterocycles. The van der Waals surface area contributed by atoms with Gasteiger partial charge >= 0.3 is 6.03 Å². The summed E-state index contributed by atoms with van der Waals surface area (Å²) in [4.78, 5) is 12.8. The number of urea groups is 1. The number of methoxy groups -OCH3 is 1. The number of ether oxygens (including phenoxy) is 1. The Morgan fingerprint density at radius 3 is 2.65 bits per heavy atom. The van der Waals surface area contributed by atoms with Gasteiger partial charge in [0.15, 0.2) is 0 Å². The van der Waals surface area contributed by atoms with E-state index < -0.39 is 0 Å². The number of likely N-dealkylation sites (tertiary alicyclic amines) is 1. The lowest BCUT2D eigenvalue weighted by atomic mass is 10.0. The molecule has 0 radical (unpaired) electrons. The van der Waals surface area contributed by atoms with Crippen LogP contribution in [0.5, 0.6) is 5.75 Å². The van der Waals surface area contributed by atoms with E-state index in [2.05, 4.69) is 18.3 Å². The van der Waals surface area contributed by atoms with E-state index >= 15 is 0 Å². The van der Waals surface area contributed by atoms with Gasteiger partial charge < -0.3 is 20.7 Å². The number of amides is 2. The number of hydrogen-bond donors (Lipinski definition) is 2. The zero-order valence-corrected chi connectivity index (χ0v) is 12.1. The number of benzene rings is 1. The number of nitrogens with zero attached hydrogens (tertiary/aromatic N) is 1. The standard InChI is InChI=1S/C15H23N3O2/c1-11(13-5-3-4-6-14(13)20-2)17-12-7-9-18(10-8-12)15(16)19/h3-6,11-12,17H,7-10H2,1-2H3,(H2,16,19)/t11-/m1/s1. The molecular formula is C15H23N3O2. The number of carbonyl (C=O) groups is 1. The molecule has 0 spiro atoms. The highest BCUT2D eigenvalue weighted by molar-refractivity contribution is 5.72. The fourth-order valence-electron chi connectivity index (χ4n) is 2.73. The Labute approximate surface area is 120 Å². The summed E-state index contributed by atoms with van der Waals surface area (Å²) in [6, 6.07) is 8.35. The molecule has 1 fully saturated rings. The van der Waals surface area contributed by atoms with E-state index in [4.69, 9.17) is 10.5 Å². The minimum absolute atomic E-state index is 0.219. The van der Waals surface area contributed by atoms with Gasteiger partial charge in [0.25, 0.3) is 0 Å². The van der Waals surface area contributed by atoms with Crippen LogP contribution in [0.2, 0.25) is 0 Å². The van der Waals surface area contributed by atoms with Crippen molar-refractivity contribution in [2.24, 2.45) is 5.73 Å². The number of nitrogens with one attached hydrogen (secondary N) is 1. The molecule has 3 N–H and O–H groups in total. The molecule has 5 heteroatoms. The minimum Gasteiger partial charge on any atom is -0.496 e. The van der Waals surface area contributed by atoms with Gasteiger partial charge in [-0.25, -0.2) is 4.79 Å². The summed E-state index contributed by atoms with van der Waals surface area (Å²) in [5.41, 5.74) is 6.45. The van der Waals surface area contributed by atoms with Gasteiger partial charge in [-0.1, -0.05) is 18.2 Å². The van der Waals surface area contributed by atoms with Crippen LogP contribution >= 0.6 is 0 Å². The Kier molecular flexibility index (Phi) is 4.84. The third-order valence-corrected chi connectivity index (χ3v) is 3.90. The Balaban J connectivity index is 1.92. The lowest BCUT2D eigenvalue weighted by Gasteiger charge is -2.33. The molecule has 1 aliphatic rings. The number of rotatable bonds is 4. The molecule has 2 amide bonds. The van der Waals surface area contributed by atoms with E-state index in [9.17, 15) is 4.79 Å². The maximum atomic E-state index is 11.1. The van der Waals surface area contributed by atoms with Gasteiger partial charge in [0.05, 0.1) is 7.11 Å². The number of piperidine rings is 1. The van der Waals surface area contributed by atoms with Gasteiger partial charge in [0.1, 0.15) is 5.75 Å². The van der Waals surface area contributed by atoms with Gasteiger partial charge in [0, 0.05) is 30.7 Å². The number of carbonyl (C=O) groups excluding carboxylic acids is 1. The Morgan fingerprint density at radius 2 is 2.05 bits per heavy atom. The first-order chi connectivity index (χ1) is 9.61. The van der Waals surface area contributed by atoms with E-state index in [1.54, 1.807) is 12.0 Å². The average molecular weight is 277 g/mol. The van der Waals surface area contributed by atoms with Crippen LogP contribution in [0.4, 0.5) is 4.79 Å². The first-order valence-electron chi connectivity index (χ1n) is 7.05. The number of hydrogen-bond acceptors (Lipinski definition) is 3. The second kappa shape index (κ2) is 6.61. The minimum atomic E-state index is -0.318. The van der Waals surface area contributed by atoms with Crippen LogP contribution in [0, 0.1) is 0 Å². The topological polar surface area (TPSA) is 67.6 Å². The summed E-state index contributed by atoms with van der Waals surface area (Å²) in [5, 5.41) is 3.61. The van der Waals surface area contributed by atoms with Crippen LogP contribution in [0.15, 0.2) is 24.3 Å². The predicted molar refractivity (Wildman–Crippen MR) is 78.7 cm³/mol. The summed E-state index contributed by atoms with van der Waals surface area (Å²) in [7, 11) is 1.69. The first-order valence-corrected chi connectivity index (χ1v) is 7.05. The lowest BCUT2D eigenvalue weighted by molar-refractivity contribution is 0.183. The SMILES string of the molecule is COc1ccccc1[C@@H](C)NC1CCN(C(N)=O)CC1. The quantitative estimate of drug-likeness (QED) is 0.883. The van der Waals surface area contributed by atoms with Gasteiger partial charge in [-0.05, 0) is 25.8 Å². The fourth-order valence-corrected chi connectivity index (χ4v) is 2.73. The second-order valence-electron chi connectivity index (χ2n) is 5.23. The molecular weight excluding hydrogens is 254 g/mol. The van der Waals surface area contributed by atoms with Crippen LogP contribution < -0.4 is 15.8 Å². The third-order valence-electron chi connectivity index (χ3n) is 3.90. The van der Waals surface area contributed by atoms with Crippen molar-refractivity contribution in [1.29, 1.82) is 0 Å². The molecule has 110 valence electrons. The van der Waals surface area contributed by atoms with Crippen molar-refractivity contribution >= 4 is 6.03 Å². The van der Waals surface area contributed by atoms with Gasteiger partial charge in [-0.2, -0.15) is 0 Å². The maximum Gasteiger partial charge on any atom is 0.314 e. The smallest absolute Gasteiger partial charge is 0.314 e. The van der Waals surface area contributed by atoms with Crippen molar-refractivity contribution in [2.75, 3.05) is 20.2 Å². The second-order valence-corrected chi connectivity index (χ2v) is 5.23. The van der Waals surface area contributed by atoms with E-state index in [0.717, 1.165) is 37.2 Å². The zero-order chi connectivity index (χ0) is 14.5. The third kappa shape index (κ3) is 3.42. The van der Waals surface area contributed by atoms with E-state index in [1.165, 1.54) is 0 Å². The molecule has 0 unspecified atom stereocenters. The largest absolute Gasteiger partial charge is 0.496 e. The normalized spacial score (nSPS) is 17.8. The number of nitrogens with two attached hydrogens (primary N) is 1. The maximum absolute atomic E-state index is 11.1. The van der Waals surface area contributed by atoms with Crippen LogP contribution in [0.3, 0.4) is 0 Å². The fraction of sp³-hybridized carbons (Fsp3) is 0.533. The van der Waals surface area contributed by atoms with Crippen LogP contribution in [-0.2, 0) is 0 Å². The molecule has 0 bridgehead atoms. The Hall–Kier alpha value is -1.75. The van der Waals surface area contributed by atoms with E-state index in [1.807, 2.05) is 18.2 Å². The van der Waals surface area contributed by atoms with Crippen molar-refractivity contribution in [2.45, 2.75) is 31.8 Å². The van der Waals surface area contributed by atoms with Crippen molar-refractivity contribution in [3.05, 3.63) is 29.8 Å². The predicted octanol–water partition coefficient (Wildman–Crippen LogP) is 1.89. The molecule has 1 aliphatic heterocycles. The zero-order valence-electron chi connectivity index (χ0n) is 12.1. The van der Waals surface area contributed by atoms with Crippen molar-refractivity contribution in [3.8, 4) is 5.75 Å². The number of para-hydroxylation sites is 1. The average Bonchev–Trinajstić information content (AvgIpc) is 2.47. The Bertz CT molecular complexity index is 456. The van der Waals surface area contributed by atoms with E-state index in [-0.39, 0.29) is 12.1 Å². The highest BCUT2D eigenvalue weighted by Gasteiger charge is 2.23. The molecule has 2 rings (SSSR count). The molecule has 20 heavy (non-hydrogen) atoms. The monoisotopic (exact) mass is 277 g/mol. The van der Waals surface area contributed by atoms with Crippen LogP contribution in [0.25, 0.3) is 0 Å². The van der Waals surface area contributed by atoms with Crippen molar-refractivity contribution in [1.82, 2.24) is 10.2 Å². The van der Waals surface area contributed by atoms with Gasteiger partial charge in [-0.3, -0.25) is 0 Å². The van der Waals surface area contributed by atoms with Crippen molar-refractivity contribution < 1.29 is 9.53 Å². The summed E-state index contributed by atoms with van der Waals surface area (Å²) in [5.74, 6) is 0.905. The molecule has 0 aliphatic carbocycles. The molecule has 1 heterocycles. The molecule has 1 aromatic rings. The van der Waals surface area contributed by atoms with Crippen molar-refractivity contribution in [3.63, 3.8) is 0 Å². The summed E-state index contributed by atoms with van der Waals surface area (Å²) < 4.78 is 5.39. The molecule has 0 saturated carbocycles. The summed E-state index contributed by atoms with van der Waals surface area (Å²) >= 11 is 0.